The fourth-order valence-electron chi connectivity index (χ4n) is 3.43. The van der Waals surface area contributed by atoms with Gasteiger partial charge >= 0.3 is 0 Å². The van der Waals surface area contributed by atoms with Gasteiger partial charge in [-0.2, -0.15) is 0 Å². The van der Waals surface area contributed by atoms with E-state index in [9.17, 15) is 0 Å². The van der Waals surface area contributed by atoms with Crippen LogP contribution in [-0.4, -0.2) is 0 Å². The molecule has 0 atom stereocenters. The molecular formula is C26H18S2. The van der Waals surface area contributed by atoms with Crippen molar-refractivity contribution >= 4 is 45.1 Å². The number of benzene rings is 5. The number of hydrogen-bond acceptors (Lipinski definition) is 2. The van der Waals surface area contributed by atoms with E-state index in [1.165, 1.54) is 41.1 Å². The van der Waals surface area contributed by atoms with Crippen molar-refractivity contribution in [3.63, 3.8) is 0 Å². The molecule has 0 aliphatic heterocycles. The third kappa shape index (κ3) is 3.42. The van der Waals surface area contributed by atoms with E-state index in [0.29, 0.717) is 0 Å². The van der Waals surface area contributed by atoms with Gasteiger partial charge in [-0.25, -0.2) is 0 Å². The average molecular weight is 395 g/mol. The Labute approximate surface area is 173 Å². The first-order valence-electron chi connectivity index (χ1n) is 9.29. The van der Waals surface area contributed by atoms with Crippen LogP contribution in [0.15, 0.2) is 129 Å². The summed E-state index contributed by atoms with van der Waals surface area (Å²) in [6.45, 7) is 0. The Morgan fingerprint density at radius 2 is 0.679 bits per heavy atom. The van der Waals surface area contributed by atoms with Crippen molar-refractivity contribution in [3.05, 3.63) is 109 Å². The third-order valence-electron chi connectivity index (χ3n) is 4.79. The van der Waals surface area contributed by atoms with Crippen LogP contribution in [0.3, 0.4) is 0 Å². The van der Waals surface area contributed by atoms with Crippen LogP contribution < -0.4 is 0 Å². The normalized spacial score (nSPS) is 11.1. The van der Waals surface area contributed by atoms with Gasteiger partial charge in [-0.15, -0.1) is 0 Å². The predicted octanol–water partition coefficient (Wildman–Crippen LogP) is 8.30. The van der Waals surface area contributed by atoms with Gasteiger partial charge in [0.15, 0.2) is 0 Å². The Morgan fingerprint density at radius 3 is 1.18 bits per heavy atom. The fourth-order valence-corrected chi connectivity index (χ4v) is 5.66. The molecule has 2 heteroatoms. The summed E-state index contributed by atoms with van der Waals surface area (Å²) >= 11 is 3.70. The monoisotopic (exact) mass is 394 g/mol. The summed E-state index contributed by atoms with van der Waals surface area (Å²) in [5.41, 5.74) is 0. The van der Waals surface area contributed by atoms with Crippen LogP contribution in [0.5, 0.6) is 0 Å². The maximum atomic E-state index is 2.22. The minimum atomic E-state index is 1.28. The first-order valence-corrected chi connectivity index (χ1v) is 10.9. The van der Waals surface area contributed by atoms with Crippen molar-refractivity contribution in [1.82, 2.24) is 0 Å². The molecule has 0 radical (unpaired) electrons. The molecule has 0 aliphatic rings. The van der Waals surface area contributed by atoms with Crippen LogP contribution >= 0.6 is 23.5 Å². The lowest BCUT2D eigenvalue weighted by Gasteiger charge is -2.12. The van der Waals surface area contributed by atoms with Gasteiger partial charge in [0.2, 0.25) is 0 Å². The smallest absolute Gasteiger partial charge is 0.0262 e. The molecule has 0 unspecified atom stereocenters. The molecular weight excluding hydrogens is 376 g/mol. The molecule has 0 fully saturated rings. The maximum absolute atomic E-state index is 2.22. The van der Waals surface area contributed by atoms with Crippen LogP contribution in [0.25, 0.3) is 21.5 Å². The molecule has 0 aliphatic carbocycles. The van der Waals surface area contributed by atoms with E-state index in [4.69, 9.17) is 0 Å². The quantitative estimate of drug-likeness (QED) is 0.301. The molecule has 134 valence electrons. The maximum Gasteiger partial charge on any atom is 0.0262 e. The highest BCUT2D eigenvalue weighted by Gasteiger charge is 2.10. The van der Waals surface area contributed by atoms with Crippen LogP contribution in [0.4, 0.5) is 0 Å². The number of fused-ring (bicyclic) bond motifs is 2. The zero-order valence-electron chi connectivity index (χ0n) is 15.2. The highest BCUT2D eigenvalue weighted by molar-refractivity contribution is 8.02. The molecule has 28 heavy (non-hydrogen) atoms. The van der Waals surface area contributed by atoms with Crippen LogP contribution in [0.1, 0.15) is 0 Å². The molecule has 5 rings (SSSR count). The molecule has 0 nitrogen and oxygen atoms in total. The SMILES string of the molecule is c1ccc(Sc2cccc3ccccc23)c(Sc2cccc3ccccc23)c1. The van der Waals surface area contributed by atoms with E-state index in [2.05, 4.69) is 109 Å². The molecule has 0 heterocycles. The second kappa shape index (κ2) is 7.75. The van der Waals surface area contributed by atoms with Gasteiger partial charge in [0, 0.05) is 19.6 Å². The van der Waals surface area contributed by atoms with Gasteiger partial charge in [0.1, 0.15) is 0 Å². The van der Waals surface area contributed by atoms with Crippen molar-refractivity contribution in [2.45, 2.75) is 19.6 Å². The molecule has 0 bridgehead atoms. The molecule has 0 aromatic heterocycles. The van der Waals surface area contributed by atoms with Crippen molar-refractivity contribution in [2.24, 2.45) is 0 Å². The topological polar surface area (TPSA) is 0 Å². The van der Waals surface area contributed by atoms with Gasteiger partial charge < -0.3 is 0 Å². The van der Waals surface area contributed by atoms with E-state index < -0.39 is 0 Å². The van der Waals surface area contributed by atoms with E-state index >= 15 is 0 Å². The second-order valence-electron chi connectivity index (χ2n) is 6.61. The van der Waals surface area contributed by atoms with E-state index in [-0.39, 0.29) is 0 Å². The van der Waals surface area contributed by atoms with Crippen molar-refractivity contribution in [2.75, 3.05) is 0 Å². The van der Waals surface area contributed by atoms with Crippen LogP contribution in [0, 0.1) is 0 Å². The van der Waals surface area contributed by atoms with E-state index in [1.54, 1.807) is 0 Å². The van der Waals surface area contributed by atoms with Gasteiger partial charge in [-0.05, 0) is 45.8 Å². The molecule has 0 saturated carbocycles. The van der Waals surface area contributed by atoms with Gasteiger partial charge in [-0.1, -0.05) is 108 Å². The highest BCUT2D eigenvalue weighted by Crippen LogP contribution is 2.42. The first-order chi connectivity index (χ1) is 13.9. The zero-order chi connectivity index (χ0) is 18.8. The Bertz CT molecular complexity index is 1160. The molecule has 0 amide bonds. The Hall–Kier alpha value is -2.68. The standard InChI is InChI=1S/C26H18S2/c1-3-13-21-19(9-1)11-7-17-23(21)27-25-15-5-6-16-26(25)28-24-18-8-12-20-10-2-4-14-22(20)24/h1-18H. The van der Waals surface area contributed by atoms with Gasteiger partial charge in [0.25, 0.3) is 0 Å². The lowest BCUT2D eigenvalue weighted by Crippen LogP contribution is -1.83. The summed E-state index contributed by atoms with van der Waals surface area (Å²) in [5, 5.41) is 5.18. The highest BCUT2D eigenvalue weighted by atomic mass is 32.2. The molecule has 0 N–H and O–H groups in total. The summed E-state index contributed by atoms with van der Waals surface area (Å²) in [6, 6.07) is 39.0. The summed E-state index contributed by atoms with van der Waals surface area (Å²) in [6.07, 6.45) is 0. The molecule has 5 aromatic carbocycles. The largest absolute Gasteiger partial charge is 0.0883 e. The molecule has 5 aromatic rings. The van der Waals surface area contributed by atoms with Crippen LogP contribution in [-0.2, 0) is 0 Å². The molecule has 0 spiro atoms. The van der Waals surface area contributed by atoms with Gasteiger partial charge in [-0.3, -0.25) is 0 Å². The molecule has 0 saturated heterocycles. The van der Waals surface area contributed by atoms with Crippen molar-refractivity contribution < 1.29 is 0 Å². The lowest BCUT2D eigenvalue weighted by atomic mass is 10.1. The number of hydrogen-bond donors (Lipinski definition) is 0. The first kappa shape index (κ1) is 17.4. The summed E-state index contributed by atoms with van der Waals surface area (Å²) in [7, 11) is 0. The van der Waals surface area contributed by atoms with Crippen molar-refractivity contribution in [3.8, 4) is 0 Å². The average Bonchev–Trinajstić information content (AvgIpc) is 2.76. The summed E-state index contributed by atoms with van der Waals surface area (Å²) in [5.74, 6) is 0. The van der Waals surface area contributed by atoms with Crippen molar-refractivity contribution in [1.29, 1.82) is 0 Å². The second-order valence-corrected chi connectivity index (χ2v) is 8.77. The minimum absolute atomic E-state index is 1.28. The minimum Gasteiger partial charge on any atom is -0.0883 e. The lowest BCUT2D eigenvalue weighted by molar-refractivity contribution is 1.24. The Kier molecular flexibility index (Phi) is 4.82. The van der Waals surface area contributed by atoms with E-state index in [1.807, 2.05) is 23.5 Å². The zero-order valence-corrected chi connectivity index (χ0v) is 16.8. The summed E-state index contributed by atoms with van der Waals surface area (Å²) in [4.78, 5) is 5.17. The number of rotatable bonds is 4. The van der Waals surface area contributed by atoms with E-state index in [0.717, 1.165) is 0 Å². The Balaban J connectivity index is 1.54. The Morgan fingerprint density at radius 1 is 0.321 bits per heavy atom. The predicted molar refractivity (Wildman–Crippen MR) is 123 cm³/mol. The van der Waals surface area contributed by atoms with Gasteiger partial charge in [0.05, 0.1) is 0 Å². The fraction of sp³-hybridized carbons (Fsp3) is 0. The van der Waals surface area contributed by atoms with Crippen LogP contribution in [0.2, 0.25) is 0 Å². The summed E-state index contributed by atoms with van der Waals surface area (Å²) < 4.78 is 0. The third-order valence-corrected chi connectivity index (χ3v) is 7.22.